The number of carbonyl (C=O) groups is 1. The zero-order valence-corrected chi connectivity index (χ0v) is 10.8. The molecule has 6 nitrogen and oxygen atoms in total. The number of nitriles is 1. The number of benzene rings is 1. The van der Waals surface area contributed by atoms with Crippen LogP contribution in [0.5, 0.6) is 0 Å². The Morgan fingerprint density at radius 3 is 2.95 bits per heavy atom. The second kappa shape index (κ2) is 4.62. The molecule has 0 radical (unpaired) electrons. The van der Waals surface area contributed by atoms with Gasteiger partial charge in [0.05, 0.1) is 12.1 Å². The molecule has 1 aliphatic carbocycles. The number of rotatable bonds is 4. The predicted molar refractivity (Wildman–Crippen MR) is 71.4 cm³/mol. The molecule has 1 saturated carbocycles. The van der Waals surface area contributed by atoms with Gasteiger partial charge in [0.15, 0.2) is 11.5 Å². The molecule has 3 N–H and O–H groups in total. The van der Waals surface area contributed by atoms with E-state index in [0.717, 1.165) is 5.52 Å². The van der Waals surface area contributed by atoms with Crippen LogP contribution in [0.3, 0.4) is 0 Å². The molecule has 1 aromatic heterocycles. The molecule has 0 saturated heterocycles. The second-order valence-corrected chi connectivity index (χ2v) is 5.07. The zero-order chi connectivity index (χ0) is 14.2. The number of hydrogen-bond donors (Lipinski definition) is 2. The first-order valence-corrected chi connectivity index (χ1v) is 6.45. The maximum absolute atomic E-state index is 11.9. The number of carbonyl (C=O) groups excluding carboxylic acids is 1. The fraction of sp³-hybridized carbons (Fsp3) is 0.357. The highest BCUT2D eigenvalue weighted by Gasteiger charge is 2.45. The van der Waals surface area contributed by atoms with Gasteiger partial charge in [0.1, 0.15) is 11.1 Å². The average Bonchev–Trinajstić information content (AvgIpc) is 3.09. The van der Waals surface area contributed by atoms with Crippen molar-refractivity contribution in [3.8, 4) is 6.07 Å². The first kappa shape index (κ1) is 12.6. The Balaban J connectivity index is 1.67. The van der Waals surface area contributed by atoms with E-state index in [1.807, 2.05) is 24.3 Å². The van der Waals surface area contributed by atoms with Gasteiger partial charge in [-0.25, -0.2) is 4.98 Å². The molecule has 1 aliphatic rings. The van der Waals surface area contributed by atoms with E-state index in [0.29, 0.717) is 24.3 Å². The van der Waals surface area contributed by atoms with Crippen LogP contribution in [0.4, 0.5) is 0 Å². The molecule has 3 rings (SSSR count). The minimum absolute atomic E-state index is 0.210. The molecule has 1 aromatic carbocycles. The molecule has 0 bridgehead atoms. The topological polar surface area (TPSA) is 105 Å². The summed E-state index contributed by atoms with van der Waals surface area (Å²) >= 11 is 0. The van der Waals surface area contributed by atoms with Crippen molar-refractivity contribution < 1.29 is 9.21 Å². The fourth-order valence-corrected chi connectivity index (χ4v) is 2.01. The summed E-state index contributed by atoms with van der Waals surface area (Å²) in [6, 6.07) is 8.70. The fourth-order valence-electron chi connectivity index (χ4n) is 2.01. The summed E-state index contributed by atoms with van der Waals surface area (Å²) in [6.45, 7) is 0. The highest BCUT2D eigenvalue weighted by Crippen LogP contribution is 2.34. The van der Waals surface area contributed by atoms with Crippen molar-refractivity contribution in [2.75, 3.05) is 0 Å². The molecule has 1 amide bonds. The van der Waals surface area contributed by atoms with Gasteiger partial charge in [0.2, 0.25) is 5.91 Å². The van der Waals surface area contributed by atoms with Crippen LogP contribution in [-0.4, -0.2) is 22.5 Å². The van der Waals surface area contributed by atoms with E-state index in [2.05, 4.69) is 16.4 Å². The lowest BCUT2D eigenvalue weighted by Crippen LogP contribution is -2.47. The first-order valence-electron chi connectivity index (χ1n) is 6.45. The SMILES string of the molecule is N#CC1(NC(=O)C(N)Cc2nc3ccccc3o2)CC1. The number of para-hydroxylation sites is 2. The van der Waals surface area contributed by atoms with Crippen LogP contribution < -0.4 is 11.1 Å². The summed E-state index contributed by atoms with van der Waals surface area (Å²) in [7, 11) is 0. The van der Waals surface area contributed by atoms with Crippen LogP contribution in [0.25, 0.3) is 11.1 Å². The number of hydrogen-bond acceptors (Lipinski definition) is 5. The summed E-state index contributed by atoms with van der Waals surface area (Å²) in [4.78, 5) is 16.2. The van der Waals surface area contributed by atoms with Crippen LogP contribution in [0.1, 0.15) is 18.7 Å². The van der Waals surface area contributed by atoms with Gasteiger partial charge in [-0.3, -0.25) is 4.79 Å². The number of nitrogens with zero attached hydrogens (tertiary/aromatic N) is 2. The molecule has 6 heteroatoms. The van der Waals surface area contributed by atoms with E-state index in [1.165, 1.54) is 0 Å². The molecule has 1 fully saturated rings. The molecule has 0 aliphatic heterocycles. The summed E-state index contributed by atoms with van der Waals surface area (Å²) in [5.74, 6) is 0.0851. The summed E-state index contributed by atoms with van der Waals surface area (Å²) < 4.78 is 5.52. The van der Waals surface area contributed by atoms with Crippen molar-refractivity contribution in [1.82, 2.24) is 10.3 Å². The average molecular weight is 270 g/mol. The number of aromatic nitrogens is 1. The minimum Gasteiger partial charge on any atom is -0.441 e. The van der Waals surface area contributed by atoms with Gasteiger partial charge in [-0.2, -0.15) is 5.26 Å². The van der Waals surface area contributed by atoms with Gasteiger partial charge >= 0.3 is 0 Å². The molecular formula is C14H14N4O2. The lowest BCUT2D eigenvalue weighted by molar-refractivity contribution is -0.123. The van der Waals surface area contributed by atoms with Crippen LogP contribution in [0, 0.1) is 11.3 Å². The molecule has 20 heavy (non-hydrogen) atoms. The normalized spacial score (nSPS) is 17.4. The Bertz CT molecular complexity index is 664. The Hall–Kier alpha value is -2.39. The van der Waals surface area contributed by atoms with E-state index in [-0.39, 0.29) is 12.3 Å². The largest absolute Gasteiger partial charge is 0.441 e. The van der Waals surface area contributed by atoms with Crippen molar-refractivity contribution in [2.45, 2.75) is 30.8 Å². The summed E-state index contributed by atoms with van der Waals surface area (Å²) in [5, 5.41) is 11.6. The van der Waals surface area contributed by atoms with E-state index < -0.39 is 11.6 Å². The molecule has 1 unspecified atom stereocenters. The highest BCUT2D eigenvalue weighted by atomic mass is 16.3. The molecule has 0 spiro atoms. The predicted octanol–water partition coefficient (Wildman–Crippen LogP) is 0.870. The standard InChI is InChI=1S/C14H14N4O2/c15-8-14(5-6-14)18-13(19)9(16)7-12-17-10-3-1-2-4-11(10)20-12/h1-4,9H,5-7,16H2,(H,18,19). The quantitative estimate of drug-likeness (QED) is 0.857. The van der Waals surface area contributed by atoms with Gasteiger partial charge in [-0.15, -0.1) is 0 Å². The van der Waals surface area contributed by atoms with Crippen LogP contribution in [-0.2, 0) is 11.2 Å². The third-order valence-corrected chi connectivity index (χ3v) is 3.40. The minimum atomic E-state index is -0.770. The molecule has 102 valence electrons. The van der Waals surface area contributed by atoms with Gasteiger partial charge in [-0.05, 0) is 25.0 Å². The van der Waals surface area contributed by atoms with Crippen LogP contribution in [0.2, 0.25) is 0 Å². The Kier molecular flexibility index (Phi) is 2.92. The lowest BCUT2D eigenvalue weighted by Gasteiger charge is -2.13. The number of fused-ring (bicyclic) bond motifs is 1. The Labute approximate surface area is 115 Å². The van der Waals surface area contributed by atoms with Crippen molar-refractivity contribution >= 4 is 17.0 Å². The van der Waals surface area contributed by atoms with E-state index in [1.54, 1.807) is 0 Å². The van der Waals surface area contributed by atoms with Crippen molar-refractivity contribution in [1.29, 1.82) is 5.26 Å². The second-order valence-electron chi connectivity index (χ2n) is 5.07. The van der Waals surface area contributed by atoms with Crippen LogP contribution >= 0.6 is 0 Å². The van der Waals surface area contributed by atoms with Gasteiger partial charge in [-0.1, -0.05) is 12.1 Å². The molecule has 1 atom stereocenters. The molecule has 2 aromatic rings. The maximum atomic E-state index is 11.9. The third-order valence-electron chi connectivity index (χ3n) is 3.40. The smallest absolute Gasteiger partial charge is 0.238 e. The zero-order valence-electron chi connectivity index (χ0n) is 10.8. The Morgan fingerprint density at radius 2 is 2.30 bits per heavy atom. The number of amides is 1. The number of nitrogens with one attached hydrogen (secondary N) is 1. The van der Waals surface area contributed by atoms with Crippen molar-refractivity contribution in [3.63, 3.8) is 0 Å². The van der Waals surface area contributed by atoms with E-state index in [9.17, 15) is 4.79 Å². The third kappa shape index (κ3) is 2.36. The monoisotopic (exact) mass is 270 g/mol. The van der Waals surface area contributed by atoms with E-state index >= 15 is 0 Å². The Morgan fingerprint density at radius 1 is 1.55 bits per heavy atom. The lowest BCUT2D eigenvalue weighted by atomic mass is 10.2. The van der Waals surface area contributed by atoms with Gasteiger partial charge in [0, 0.05) is 6.42 Å². The van der Waals surface area contributed by atoms with Crippen molar-refractivity contribution in [2.24, 2.45) is 5.73 Å². The van der Waals surface area contributed by atoms with Gasteiger partial charge in [0.25, 0.3) is 0 Å². The molecule has 1 heterocycles. The highest BCUT2D eigenvalue weighted by molar-refractivity contribution is 5.83. The van der Waals surface area contributed by atoms with Crippen molar-refractivity contribution in [3.05, 3.63) is 30.2 Å². The summed E-state index contributed by atoms with van der Waals surface area (Å²) in [6.07, 6.45) is 1.58. The summed E-state index contributed by atoms with van der Waals surface area (Å²) in [5.41, 5.74) is 6.55. The van der Waals surface area contributed by atoms with Crippen LogP contribution in [0.15, 0.2) is 28.7 Å². The first-order chi connectivity index (χ1) is 9.62. The van der Waals surface area contributed by atoms with E-state index in [4.69, 9.17) is 15.4 Å². The molecular weight excluding hydrogens is 256 g/mol. The maximum Gasteiger partial charge on any atom is 0.238 e. The number of nitrogens with two attached hydrogens (primary N) is 1. The van der Waals surface area contributed by atoms with Gasteiger partial charge < -0.3 is 15.5 Å². The number of oxazole rings is 1.